The van der Waals surface area contributed by atoms with Gasteiger partial charge in [0, 0.05) is 30.4 Å². The number of hydrogen-bond donors (Lipinski definition) is 1. The quantitative estimate of drug-likeness (QED) is 0.480. The molecule has 2 aromatic carbocycles. The van der Waals surface area contributed by atoms with Crippen molar-refractivity contribution in [3.63, 3.8) is 0 Å². The Morgan fingerprint density at radius 3 is 2.44 bits per heavy atom. The van der Waals surface area contributed by atoms with Crippen LogP contribution in [0, 0.1) is 0 Å². The number of piperidine rings is 1. The standard InChI is InChI=1S/C28H33N3O5/c1-28(2,3)36-27(34)30-13-11-24(12-14-30)31-18-23(17-29-31)21-9-10-25(22(15-21)16-26(32)33)35-19-20-7-5-4-6-8-20/h4-10,15,17-18,24H,11-14,16,19H2,1-3H3,(H,32,33). The van der Waals surface area contributed by atoms with Gasteiger partial charge in [0.1, 0.15) is 18.0 Å². The van der Waals surface area contributed by atoms with Crippen LogP contribution in [0.25, 0.3) is 11.1 Å². The zero-order valence-electron chi connectivity index (χ0n) is 21.0. The molecule has 0 saturated carbocycles. The highest BCUT2D eigenvalue weighted by molar-refractivity contribution is 5.73. The van der Waals surface area contributed by atoms with Gasteiger partial charge in [0.25, 0.3) is 0 Å². The van der Waals surface area contributed by atoms with E-state index in [2.05, 4.69) is 5.10 Å². The fourth-order valence-corrected chi connectivity index (χ4v) is 4.26. The first-order valence-electron chi connectivity index (χ1n) is 12.2. The number of rotatable bonds is 7. The summed E-state index contributed by atoms with van der Waals surface area (Å²) < 4.78 is 13.4. The molecular weight excluding hydrogens is 458 g/mol. The molecule has 1 saturated heterocycles. The number of benzene rings is 2. The van der Waals surface area contributed by atoms with Gasteiger partial charge in [-0.15, -0.1) is 0 Å². The molecule has 4 rings (SSSR count). The molecule has 8 nitrogen and oxygen atoms in total. The molecule has 3 aromatic rings. The van der Waals surface area contributed by atoms with Gasteiger partial charge >= 0.3 is 12.1 Å². The summed E-state index contributed by atoms with van der Waals surface area (Å²) in [5.74, 6) is -0.351. The van der Waals surface area contributed by atoms with E-state index < -0.39 is 11.6 Å². The zero-order chi connectivity index (χ0) is 25.7. The molecule has 36 heavy (non-hydrogen) atoms. The Morgan fingerprint density at radius 2 is 1.78 bits per heavy atom. The molecule has 0 bridgehead atoms. The molecule has 1 aliphatic rings. The predicted molar refractivity (Wildman–Crippen MR) is 136 cm³/mol. The lowest BCUT2D eigenvalue weighted by Crippen LogP contribution is -2.42. The van der Waals surface area contributed by atoms with Crippen molar-refractivity contribution in [3.8, 4) is 16.9 Å². The van der Waals surface area contributed by atoms with Crippen molar-refractivity contribution in [1.82, 2.24) is 14.7 Å². The molecule has 1 aliphatic heterocycles. The molecular formula is C28H33N3O5. The molecule has 0 unspecified atom stereocenters. The van der Waals surface area contributed by atoms with Crippen LogP contribution in [-0.4, -0.2) is 50.5 Å². The maximum Gasteiger partial charge on any atom is 0.410 e. The minimum absolute atomic E-state index is 0.130. The van der Waals surface area contributed by atoms with Crippen LogP contribution in [-0.2, 0) is 22.6 Å². The Labute approximate surface area is 211 Å². The molecule has 0 aliphatic carbocycles. The van der Waals surface area contributed by atoms with Gasteiger partial charge in [-0.25, -0.2) is 4.79 Å². The van der Waals surface area contributed by atoms with Crippen molar-refractivity contribution in [3.05, 3.63) is 72.1 Å². The van der Waals surface area contributed by atoms with Gasteiger partial charge in [0.05, 0.1) is 18.7 Å². The topological polar surface area (TPSA) is 93.9 Å². The van der Waals surface area contributed by atoms with Crippen LogP contribution in [0.3, 0.4) is 0 Å². The van der Waals surface area contributed by atoms with E-state index in [0.717, 1.165) is 29.5 Å². The molecule has 2 heterocycles. The van der Waals surface area contributed by atoms with Gasteiger partial charge in [-0.05, 0) is 56.9 Å². The summed E-state index contributed by atoms with van der Waals surface area (Å²) >= 11 is 0. The third kappa shape index (κ3) is 6.65. The first kappa shape index (κ1) is 25.3. The van der Waals surface area contributed by atoms with Crippen LogP contribution < -0.4 is 4.74 Å². The number of nitrogens with zero attached hydrogens (tertiary/aromatic N) is 3. The second kappa shape index (κ2) is 10.8. The van der Waals surface area contributed by atoms with Gasteiger partial charge in [-0.3, -0.25) is 9.48 Å². The second-order valence-corrected chi connectivity index (χ2v) is 10.1. The van der Waals surface area contributed by atoms with Crippen molar-refractivity contribution in [2.24, 2.45) is 0 Å². The minimum Gasteiger partial charge on any atom is -0.489 e. The van der Waals surface area contributed by atoms with Gasteiger partial charge in [0.15, 0.2) is 0 Å². The smallest absolute Gasteiger partial charge is 0.410 e. The van der Waals surface area contributed by atoms with Gasteiger partial charge in [0.2, 0.25) is 0 Å². The molecule has 1 N–H and O–H groups in total. The number of hydrogen-bond acceptors (Lipinski definition) is 5. The predicted octanol–water partition coefficient (Wildman–Crippen LogP) is 5.33. The van der Waals surface area contributed by atoms with E-state index in [0.29, 0.717) is 31.0 Å². The van der Waals surface area contributed by atoms with Crippen LogP contribution in [0.15, 0.2) is 60.9 Å². The summed E-state index contributed by atoms with van der Waals surface area (Å²) in [5, 5.41) is 14.0. The van der Waals surface area contributed by atoms with E-state index >= 15 is 0 Å². The van der Waals surface area contributed by atoms with Gasteiger partial charge in [-0.2, -0.15) is 5.10 Å². The first-order chi connectivity index (χ1) is 17.2. The number of carboxylic acid groups (broad SMARTS) is 1. The number of carbonyl (C=O) groups is 2. The van der Waals surface area contributed by atoms with Gasteiger partial charge in [-0.1, -0.05) is 36.4 Å². The normalized spacial score (nSPS) is 14.5. The highest BCUT2D eigenvalue weighted by atomic mass is 16.6. The van der Waals surface area contributed by atoms with Crippen molar-refractivity contribution in [2.75, 3.05) is 13.1 Å². The Balaban J connectivity index is 1.43. The lowest BCUT2D eigenvalue weighted by Gasteiger charge is -2.33. The molecule has 0 atom stereocenters. The molecule has 0 radical (unpaired) electrons. The number of likely N-dealkylation sites (tertiary alicyclic amines) is 1. The van der Waals surface area contributed by atoms with Crippen LogP contribution in [0.1, 0.15) is 50.8 Å². The highest BCUT2D eigenvalue weighted by Crippen LogP contribution is 2.30. The lowest BCUT2D eigenvalue weighted by atomic mass is 10.0. The summed E-state index contributed by atoms with van der Waals surface area (Å²) in [4.78, 5) is 25.6. The zero-order valence-corrected chi connectivity index (χ0v) is 21.0. The van der Waals surface area contributed by atoms with Crippen molar-refractivity contribution >= 4 is 12.1 Å². The van der Waals surface area contributed by atoms with E-state index in [-0.39, 0.29) is 18.6 Å². The molecule has 1 aromatic heterocycles. The summed E-state index contributed by atoms with van der Waals surface area (Å²) in [6.07, 6.45) is 4.95. The summed E-state index contributed by atoms with van der Waals surface area (Å²) in [6, 6.07) is 15.6. The van der Waals surface area contributed by atoms with E-state index in [1.54, 1.807) is 11.1 Å². The summed E-state index contributed by atoms with van der Waals surface area (Å²) in [6.45, 7) is 7.20. The molecule has 0 spiro atoms. The van der Waals surface area contributed by atoms with E-state index in [9.17, 15) is 14.7 Å². The average Bonchev–Trinajstić information content (AvgIpc) is 3.33. The monoisotopic (exact) mass is 491 g/mol. The molecule has 8 heteroatoms. The average molecular weight is 492 g/mol. The third-order valence-electron chi connectivity index (χ3n) is 6.06. The fourth-order valence-electron chi connectivity index (χ4n) is 4.26. The van der Waals surface area contributed by atoms with Crippen molar-refractivity contribution in [2.45, 2.75) is 58.3 Å². The summed E-state index contributed by atoms with van der Waals surface area (Å²) in [5.41, 5.74) is 2.92. The second-order valence-electron chi connectivity index (χ2n) is 10.1. The minimum atomic E-state index is -0.913. The van der Waals surface area contributed by atoms with Crippen molar-refractivity contribution < 1.29 is 24.2 Å². The van der Waals surface area contributed by atoms with Gasteiger partial charge < -0.3 is 19.5 Å². The van der Waals surface area contributed by atoms with E-state index in [4.69, 9.17) is 9.47 Å². The largest absolute Gasteiger partial charge is 0.489 e. The number of aliphatic carboxylic acids is 1. The summed E-state index contributed by atoms with van der Waals surface area (Å²) in [7, 11) is 0. The maximum absolute atomic E-state index is 12.3. The Hall–Kier alpha value is -3.81. The highest BCUT2D eigenvalue weighted by Gasteiger charge is 2.28. The molecule has 1 fully saturated rings. The van der Waals surface area contributed by atoms with Crippen molar-refractivity contribution in [1.29, 1.82) is 0 Å². The van der Waals surface area contributed by atoms with Crippen LogP contribution in [0.2, 0.25) is 0 Å². The number of ether oxygens (including phenoxy) is 2. The molecule has 190 valence electrons. The molecule has 1 amide bonds. The SMILES string of the molecule is CC(C)(C)OC(=O)N1CCC(n2cc(-c3ccc(OCc4ccccc4)c(CC(=O)O)c3)cn2)CC1. The van der Waals surface area contributed by atoms with Crippen LogP contribution in [0.4, 0.5) is 4.79 Å². The van der Waals surface area contributed by atoms with Crippen LogP contribution >= 0.6 is 0 Å². The fraction of sp³-hybridized carbons (Fsp3) is 0.393. The Bertz CT molecular complexity index is 1190. The number of amides is 1. The van der Waals surface area contributed by atoms with E-state index in [1.807, 2.05) is 80.2 Å². The van der Waals surface area contributed by atoms with E-state index in [1.165, 1.54) is 0 Å². The maximum atomic E-state index is 12.3. The lowest BCUT2D eigenvalue weighted by molar-refractivity contribution is -0.136. The number of carboxylic acids is 1. The van der Waals surface area contributed by atoms with Crippen LogP contribution in [0.5, 0.6) is 5.75 Å². The number of aromatic nitrogens is 2. The number of carbonyl (C=O) groups excluding carboxylic acids is 1. The third-order valence-corrected chi connectivity index (χ3v) is 6.06. The Morgan fingerprint density at radius 1 is 1.06 bits per heavy atom. The Kier molecular flexibility index (Phi) is 7.62. The first-order valence-corrected chi connectivity index (χ1v) is 12.2.